The average Bonchev–Trinajstić information content (AvgIpc) is 2.74. The standard InChI is InChI=1S/C17H31N7O8S/c18-8(2-1-5-21-17(19)20)13(28)22-9(3-4-12(26)27)14(29)23-10(6-25)15(30)24-11(7-33)16(31)32/h8-11,25,33H,1-7,18H2,(H,22,28)(H,23,29)(H,24,30)(H,26,27)(H,31,32)(H4,19,20,21). The number of aliphatic imine (C=N–C) groups is 1. The number of nitrogens with two attached hydrogens (primary N) is 3. The van der Waals surface area contributed by atoms with E-state index < -0.39 is 66.9 Å². The fourth-order valence-electron chi connectivity index (χ4n) is 2.39. The van der Waals surface area contributed by atoms with Gasteiger partial charge >= 0.3 is 11.9 Å². The van der Waals surface area contributed by atoms with Crippen molar-refractivity contribution in [3.05, 3.63) is 0 Å². The Balaban J connectivity index is 5.15. The van der Waals surface area contributed by atoms with Gasteiger partial charge in [0.1, 0.15) is 18.1 Å². The van der Waals surface area contributed by atoms with E-state index in [-0.39, 0.29) is 31.1 Å². The molecule has 33 heavy (non-hydrogen) atoms. The van der Waals surface area contributed by atoms with Gasteiger partial charge in [0.2, 0.25) is 17.7 Å². The number of rotatable bonds is 16. The molecule has 0 fully saturated rings. The number of thiol groups is 1. The van der Waals surface area contributed by atoms with Gasteiger partial charge in [0, 0.05) is 18.7 Å². The topological polar surface area (TPSA) is 273 Å². The highest BCUT2D eigenvalue weighted by Gasteiger charge is 2.30. The van der Waals surface area contributed by atoms with E-state index in [9.17, 15) is 29.1 Å². The van der Waals surface area contributed by atoms with Crippen LogP contribution >= 0.6 is 12.6 Å². The maximum absolute atomic E-state index is 12.6. The van der Waals surface area contributed by atoms with Crippen LogP contribution in [0.15, 0.2) is 4.99 Å². The molecule has 0 saturated heterocycles. The van der Waals surface area contributed by atoms with Gasteiger partial charge in [-0.1, -0.05) is 0 Å². The lowest BCUT2D eigenvalue weighted by atomic mass is 10.1. The fraction of sp³-hybridized carbons (Fsp3) is 0.647. The molecule has 3 amide bonds. The van der Waals surface area contributed by atoms with E-state index >= 15 is 0 Å². The highest BCUT2D eigenvalue weighted by atomic mass is 32.1. The molecule has 0 aliphatic rings. The van der Waals surface area contributed by atoms with Crippen LogP contribution in [0.25, 0.3) is 0 Å². The summed E-state index contributed by atoms with van der Waals surface area (Å²) in [5, 5.41) is 33.9. The Hall–Kier alpha value is -3.11. The van der Waals surface area contributed by atoms with Crippen molar-refractivity contribution < 1.29 is 39.3 Å². The highest BCUT2D eigenvalue weighted by Crippen LogP contribution is 2.03. The van der Waals surface area contributed by atoms with E-state index in [2.05, 4.69) is 33.6 Å². The number of guanidine groups is 1. The lowest BCUT2D eigenvalue weighted by Crippen LogP contribution is -2.58. The molecule has 4 unspecified atom stereocenters. The van der Waals surface area contributed by atoms with Gasteiger partial charge in [-0.3, -0.25) is 24.2 Å². The number of carbonyl (C=O) groups is 5. The lowest BCUT2D eigenvalue weighted by Gasteiger charge is -2.24. The van der Waals surface area contributed by atoms with Crippen LogP contribution in [0.4, 0.5) is 0 Å². The zero-order chi connectivity index (χ0) is 25.6. The second-order valence-electron chi connectivity index (χ2n) is 6.87. The van der Waals surface area contributed by atoms with Crippen LogP contribution in [0.3, 0.4) is 0 Å². The van der Waals surface area contributed by atoms with Gasteiger partial charge in [0.15, 0.2) is 5.96 Å². The number of aliphatic carboxylic acids is 2. The molecule has 4 atom stereocenters. The van der Waals surface area contributed by atoms with Gasteiger partial charge in [0.05, 0.1) is 12.6 Å². The summed E-state index contributed by atoms with van der Waals surface area (Å²) in [6.45, 7) is -0.663. The molecule has 0 heterocycles. The van der Waals surface area contributed by atoms with Crippen LogP contribution in [0.5, 0.6) is 0 Å². The molecular weight excluding hydrogens is 462 g/mol. The predicted molar refractivity (Wildman–Crippen MR) is 119 cm³/mol. The number of hydrogen-bond acceptors (Lipinski definition) is 9. The minimum Gasteiger partial charge on any atom is -0.481 e. The lowest BCUT2D eigenvalue weighted by molar-refractivity contribution is -0.142. The maximum Gasteiger partial charge on any atom is 0.327 e. The summed E-state index contributed by atoms with van der Waals surface area (Å²) >= 11 is 3.79. The number of aliphatic hydroxyl groups excluding tert-OH is 1. The van der Waals surface area contributed by atoms with Crippen molar-refractivity contribution in [1.29, 1.82) is 0 Å². The molecule has 0 aliphatic carbocycles. The van der Waals surface area contributed by atoms with E-state index in [1.165, 1.54) is 0 Å². The van der Waals surface area contributed by atoms with Crippen molar-refractivity contribution in [2.45, 2.75) is 49.9 Å². The Labute approximate surface area is 194 Å². The number of carbonyl (C=O) groups excluding carboxylic acids is 3. The fourth-order valence-corrected chi connectivity index (χ4v) is 2.64. The molecule has 0 bridgehead atoms. The van der Waals surface area contributed by atoms with Crippen LogP contribution in [0.1, 0.15) is 25.7 Å². The Morgan fingerprint density at radius 2 is 1.42 bits per heavy atom. The van der Waals surface area contributed by atoms with Gasteiger partial charge in [-0.05, 0) is 19.3 Å². The van der Waals surface area contributed by atoms with Crippen LogP contribution in [-0.4, -0.2) is 94.0 Å². The minimum absolute atomic E-state index is 0.120. The number of hydrogen-bond donors (Lipinski definition) is 10. The minimum atomic E-state index is -1.56. The van der Waals surface area contributed by atoms with E-state index in [0.29, 0.717) is 6.42 Å². The monoisotopic (exact) mass is 493 g/mol. The van der Waals surface area contributed by atoms with Crippen molar-refractivity contribution >= 4 is 48.2 Å². The number of carboxylic acid groups (broad SMARTS) is 2. The molecule has 0 rings (SSSR count). The van der Waals surface area contributed by atoms with Gasteiger partial charge in [-0.15, -0.1) is 0 Å². The summed E-state index contributed by atoms with van der Waals surface area (Å²) < 4.78 is 0. The molecule has 188 valence electrons. The zero-order valence-electron chi connectivity index (χ0n) is 17.8. The van der Waals surface area contributed by atoms with Crippen molar-refractivity contribution in [3.8, 4) is 0 Å². The molecule has 0 radical (unpaired) electrons. The Morgan fingerprint density at radius 3 is 1.91 bits per heavy atom. The first-order valence-corrected chi connectivity index (χ1v) is 10.4. The van der Waals surface area contributed by atoms with Crippen molar-refractivity contribution in [1.82, 2.24) is 16.0 Å². The first-order valence-electron chi connectivity index (χ1n) is 9.81. The summed E-state index contributed by atoms with van der Waals surface area (Å²) in [5.41, 5.74) is 16.2. The summed E-state index contributed by atoms with van der Waals surface area (Å²) in [5.74, 6) is -5.71. The third-order valence-electron chi connectivity index (χ3n) is 4.20. The van der Waals surface area contributed by atoms with E-state index in [4.69, 9.17) is 27.4 Å². The summed E-state index contributed by atoms with van der Waals surface area (Å²) in [4.78, 5) is 62.8. The quantitative estimate of drug-likeness (QED) is 0.0425. The van der Waals surface area contributed by atoms with Crippen LogP contribution in [0, 0.1) is 0 Å². The Morgan fingerprint density at radius 1 is 0.879 bits per heavy atom. The van der Waals surface area contributed by atoms with Gasteiger partial charge in [-0.25, -0.2) is 4.79 Å². The Kier molecular flexibility index (Phi) is 14.2. The van der Waals surface area contributed by atoms with E-state index in [0.717, 1.165) is 0 Å². The smallest absolute Gasteiger partial charge is 0.327 e. The molecule has 15 nitrogen and oxygen atoms in total. The largest absolute Gasteiger partial charge is 0.481 e. The van der Waals surface area contributed by atoms with Gasteiger partial charge in [0.25, 0.3) is 0 Å². The molecule has 0 spiro atoms. The molecule has 16 heteroatoms. The van der Waals surface area contributed by atoms with Crippen molar-refractivity contribution in [2.75, 3.05) is 18.9 Å². The van der Waals surface area contributed by atoms with Gasteiger partial charge in [-0.2, -0.15) is 12.6 Å². The molecule has 0 aromatic heterocycles. The number of nitrogens with zero attached hydrogens (tertiary/aromatic N) is 1. The maximum atomic E-state index is 12.6. The highest BCUT2D eigenvalue weighted by molar-refractivity contribution is 7.80. The summed E-state index contributed by atoms with van der Waals surface area (Å²) in [6.07, 6.45) is -0.296. The van der Waals surface area contributed by atoms with Crippen LogP contribution < -0.4 is 33.2 Å². The van der Waals surface area contributed by atoms with Crippen LogP contribution in [0.2, 0.25) is 0 Å². The zero-order valence-corrected chi connectivity index (χ0v) is 18.7. The number of aliphatic hydroxyl groups is 1. The molecule has 12 N–H and O–H groups in total. The third kappa shape index (κ3) is 12.5. The molecule has 0 aromatic carbocycles. The molecule has 0 saturated carbocycles. The molecule has 0 aromatic rings. The second kappa shape index (κ2) is 15.7. The normalized spacial score (nSPS) is 14.2. The Bertz CT molecular complexity index is 732. The first kappa shape index (κ1) is 29.9. The SMILES string of the molecule is NC(N)=NCCCC(N)C(=O)NC(CCC(=O)O)C(=O)NC(CO)C(=O)NC(CS)C(=O)O. The van der Waals surface area contributed by atoms with Crippen LogP contribution in [-0.2, 0) is 24.0 Å². The molecule has 0 aliphatic heterocycles. The third-order valence-corrected chi connectivity index (χ3v) is 4.56. The summed E-state index contributed by atoms with van der Waals surface area (Å²) in [6, 6.07) is -5.37. The molecular formula is C17H31N7O8S. The van der Waals surface area contributed by atoms with E-state index in [1.807, 2.05) is 0 Å². The van der Waals surface area contributed by atoms with Gasteiger partial charge < -0.3 is 48.5 Å². The first-order chi connectivity index (χ1) is 15.4. The van der Waals surface area contributed by atoms with Crippen molar-refractivity contribution in [3.63, 3.8) is 0 Å². The second-order valence-corrected chi connectivity index (χ2v) is 7.24. The number of carboxylic acids is 2. The van der Waals surface area contributed by atoms with E-state index in [1.54, 1.807) is 0 Å². The number of nitrogens with one attached hydrogen (secondary N) is 3. The number of amides is 3. The van der Waals surface area contributed by atoms with Crippen molar-refractivity contribution in [2.24, 2.45) is 22.2 Å². The summed E-state index contributed by atoms with van der Waals surface area (Å²) in [7, 11) is 0. The average molecular weight is 494 g/mol. The predicted octanol–water partition coefficient (Wildman–Crippen LogP) is -4.31.